The van der Waals surface area contributed by atoms with Crippen molar-refractivity contribution in [2.75, 3.05) is 11.9 Å². The Morgan fingerprint density at radius 2 is 2.17 bits per heavy atom. The molecule has 1 aromatic carbocycles. The Balaban J connectivity index is 1.51. The summed E-state index contributed by atoms with van der Waals surface area (Å²) in [6.07, 6.45) is 1.60. The Labute approximate surface area is 136 Å². The quantitative estimate of drug-likeness (QED) is 0.754. The van der Waals surface area contributed by atoms with E-state index in [0.717, 1.165) is 15.8 Å². The van der Waals surface area contributed by atoms with E-state index in [1.807, 2.05) is 25.1 Å². The molecule has 6 nitrogen and oxygen atoms in total. The second-order valence-electron chi connectivity index (χ2n) is 5.02. The lowest BCUT2D eigenvalue weighted by Crippen LogP contribution is -2.27. The monoisotopic (exact) mass is 329 g/mol. The normalized spacial score (nSPS) is 10.7. The third-order valence-corrected chi connectivity index (χ3v) is 4.11. The maximum absolute atomic E-state index is 11.9. The molecule has 0 bridgehead atoms. The van der Waals surface area contributed by atoms with Crippen LogP contribution in [0.3, 0.4) is 0 Å². The van der Waals surface area contributed by atoms with Crippen molar-refractivity contribution in [2.24, 2.45) is 0 Å². The van der Waals surface area contributed by atoms with E-state index in [2.05, 4.69) is 15.6 Å². The number of amides is 2. The maximum Gasteiger partial charge on any atom is 0.286 e. The second kappa shape index (κ2) is 6.62. The summed E-state index contributed by atoms with van der Waals surface area (Å²) < 4.78 is 6.00. The van der Waals surface area contributed by atoms with Crippen molar-refractivity contribution < 1.29 is 14.0 Å². The minimum atomic E-state index is -0.335. The first-order valence-corrected chi connectivity index (χ1v) is 7.92. The van der Waals surface area contributed by atoms with Gasteiger partial charge in [-0.3, -0.25) is 9.59 Å². The van der Waals surface area contributed by atoms with Gasteiger partial charge in [0.1, 0.15) is 0 Å². The molecular formula is C16H15N3O3S. The van der Waals surface area contributed by atoms with Gasteiger partial charge in [-0.05, 0) is 36.8 Å². The van der Waals surface area contributed by atoms with Gasteiger partial charge < -0.3 is 15.1 Å². The molecule has 3 aromatic rings. The summed E-state index contributed by atoms with van der Waals surface area (Å²) in [6.45, 7) is 2.24. The standard InChI is InChI=1S/C16H15N3O3S/c1-10-4-5-11-13(9-10)23-16(18-11)19-14(20)6-7-17-15(21)12-3-2-8-22-12/h2-5,8-9H,6-7H2,1H3,(H,17,21)(H,18,19,20). The Morgan fingerprint density at radius 3 is 2.96 bits per heavy atom. The van der Waals surface area contributed by atoms with Crippen LogP contribution in [0.2, 0.25) is 0 Å². The number of aromatic nitrogens is 1. The molecule has 0 radical (unpaired) electrons. The number of benzene rings is 1. The fraction of sp³-hybridized carbons (Fsp3) is 0.188. The number of nitrogens with zero attached hydrogens (tertiary/aromatic N) is 1. The van der Waals surface area contributed by atoms with Crippen LogP contribution in [-0.4, -0.2) is 23.3 Å². The first kappa shape index (κ1) is 15.2. The van der Waals surface area contributed by atoms with Gasteiger partial charge >= 0.3 is 0 Å². The van der Waals surface area contributed by atoms with Crippen molar-refractivity contribution in [3.8, 4) is 0 Å². The van der Waals surface area contributed by atoms with Crippen LogP contribution in [0.25, 0.3) is 10.2 Å². The summed E-state index contributed by atoms with van der Waals surface area (Å²) in [5.41, 5.74) is 2.02. The number of aryl methyl sites for hydroxylation is 1. The highest BCUT2D eigenvalue weighted by Crippen LogP contribution is 2.26. The average molecular weight is 329 g/mol. The molecule has 3 rings (SSSR count). The molecule has 2 heterocycles. The third-order valence-electron chi connectivity index (χ3n) is 3.17. The van der Waals surface area contributed by atoms with Crippen molar-refractivity contribution in [1.82, 2.24) is 10.3 Å². The summed E-state index contributed by atoms with van der Waals surface area (Å²) in [6, 6.07) is 9.15. The number of carbonyl (C=O) groups is 2. The van der Waals surface area contributed by atoms with Crippen LogP contribution in [0.1, 0.15) is 22.5 Å². The maximum atomic E-state index is 11.9. The lowest BCUT2D eigenvalue weighted by atomic mass is 10.2. The largest absolute Gasteiger partial charge is 0.459 e. The van der Waals surface area contributed by atoms with Crippen LogP contribution in [0, 0.1) is 6.92 Å². The molecule has 0 saturated carbocycles. The van der Waals surface area contributed by atoms with Gasteiger partial charge in [0.05, 0.1) is 16.5 Å². The summed E-state index contributed by atoms with van der Waals surface area (Å²) in [5.74, 6) is -0.300. The van der Waals surface area contributed by atoms with Crippen LogP contribution in [0.15, 0.2) is 41.0 Å². The Morgan fingerprint density at radius 1 is 1.30 bits per heavy atom. The molecule has 0 saturated heterocycles. The van der Waals surface area contributed by atoms with Gasteiger partial charge in [0.2, 0.25) is 5.91 Å². The third kappa shape index (κ3) is 3.75. The molecule has 0 unspecified atom stereocenters. The predicted molar refractivity (Wildman–Crippen MR) is 88.6 cm³/mol. The molecule has 2 amide bonds. The van der Waals surface area contributed by atoms with Crippen LogP contribution in [0.4, 0.5) is 5.13 Å². The Kier molecular flexibility index (Phi) is 4.38. The molecule has 0 aliphatic heterocycles. The number of anilines is 1. The van der Waals surface area contributed by atoms with Gasteiger partial charge in [-0.2, -0.15) is 0 Å². The van der Waals surface area contributed by atoms with Crippen LogP contribution in [0.5, 0.6) is 0 Å². The molecule has 118 valence electrons. The van der Waals surface area contributed by atoms with Crippen LogP contribution >= 0.6 is 11.3 Å². The van der Waals surface area contributed by atoms with Gasteiger partial charge in [0.25, 0.3) is 5.91 Å². The van der Waals surface area contributed by atoms with Gasteiger partial charge in [0, 0.05) is 13.0 Å². The Hall–Kier alpha value is -2.67. The fourth-order valence-corrected chi connectivity index (χ4v) is 3.03. The van der Waals surface area contributed by atoms with E-state index in [-0.39, 0.29) is 30.5 Å². The molecule has 2 N–H and O–H groups in total. The minimum Gasteiger partial charge on any atom is -0.459 e. The van der Waals surface area contributed by atoms with Crippen molar-refractivity contribution in [3.05, 3.63) is 47.9 Å². The zero-order valence-corrected chi connectivity index (χ0v) is 13.3. The highest BCUT2D eigenvalue weighted by molar-refractivity contribution is 7.22. The van der Waals surface area contributed by atoms with E-state index in [1.54, 1.807) is 12.1 Å². The highest BCUT2D eigenvalue weighted by atomic mass is 32.1. The summed E-state index contributed by atoms with van der Waals surface area (Å²) in [4.78, 5) is 27.9. The van der Waals surface area contributed by atoms with E-state index < -0.39 is 0 Å². The van der Waals surface area contributed by atoms with E-state index in [0.29, 0.717) is 5.13 Å². The number of rotatable bonds is 5. The van der Waals surface area contributed by atoms with Gasteiger partial charge in [-0.15, -0.1) is 0 Å². The lowest BCUT2D eigenvalue weighted by molar-refractivity contribution is -0.116. The molecule has 0 spiro atoms. The first-order valence-electron chi connectivity index (χ1n) is 7.10. The molecule has 23 heavy (non-hydrogen) atoms. The van der Waals surface area contributed by atoms with E-state index in [9.17, 15) is 9.59 Å². The van der Waals surface area contributed by atoms with Crippen LogP contribution < -0.4 is 10.6 Å². The average Bonchev–Trinajstić information content (AvgIpc) is 3.15. The summed E-state index contributed by atoms with van der Waals surface area (Å²) in [7, 11) is 0. The molecular weight excluding hydrogens is 314 g/mol. The van der Waals surface area contributed by atoms with E-state index in [1.165, 1.54) is 17.6 Å². The zero-order chi connectivity index (χ0) is 16.2. The van der Waals surface area contributed by atoms with Crippen molar-refractivity contribution in [2.45, 2.75) is 13.3 Å². The molecule has 2 aromatic heterocycles. The molecule has 7 heteroatoms. The van der Waals surface area contributed by atoms with Crippen molar-refractivity contribution in [3.63, 3.8) is 0 Å². The van der Waals surface area contributed by atoms with Gasteiger partial charge in [-0.25, -0.2) is 4.98 Å². The molecule has 0 aliphatic rings. The number of thiazole rings is 1. The van der Waals surface area contributed by atoms with E-state index >= 15 is 0 Å². The number of furan rings is 1. The number of hydrogen-bond acceptors (Lipinski definition) is 5. The van der Waals surface area contributed by atoms with Gasteiger partial charge in [0.15, 0.2) is 10.9 Å². The van der Waals surface area contributed by atoms with E-state index in [4.69, 9.17) is 4.42 Å². The number of nitrogens with one attached hydrogen (secondary N) is 2. The minimum absolute atomic E-state index is 0.168. The van der Waals surface area contributed by atoms with Crippen LogP contribution in [-0.2, 0) is 4.79 Å². The number of fused-ring (bicyclic) bond motifs is 1. The highest BCUT2D eigenvalue weighted by Gasteiger charge is 2.10. The Bertz CT molecular complexity index is 840. The predicted octanol–water partition coefficient (Wildman–Crippen LogP) is 2.96. The van der Waals surface area contributed by atoms with Crippen molar-refractivity contribution in [1.29, 1.82) is 0 Å². The second-order valence-corrected chi connectivity index (χ2v) is 6.05. The molecule has 0 fully saturated rings. The topological polar surface area (TPSA) is 84.2 Å². The van der Waals surface area contributed by atoms with Gasteiger partial charge in [-0.1, -0.05) is 17.4 Å². The first-order chi connectivity index (χ1) is 11.1. The summed E-state index contributed by atoms with van der Waals surface area (Å²) in [5, 5.41) is 5.94. The zero-order valence-electron chi connectivity index (χ0n) is 12.5. The smallest absolute Gasteiger partial charge is 0.286 e. The lowest BCUT2D eigenvalue weighted by Gasteiger charge is -2.03. The SMILES string of the molecule is Cc1ccc2nc(NC(=O)CCNC(=O)c3ccco3)sc2c1. The molecule has 0 aliphatic carbocycles. The summed E-state index contributed by atoms with van der Waals surface area (Å²) >= 11 is 1.43. The number of carbonyl (C=O) groups excluding carboxylic acids is 2. The number of hydrogen-bond donors (Lipinski definition) is 2. The van der Waals surface area contributed by atoms with Crippen molar-refractivity contribution >= 4 is 38.5 Å². The fourth-order valence-electron chi connectivity index (χ4n) is 2.05. The molecule has 0 atom stereocenters.